The quantitative estimate of drug-likeness (QED) is 0.575. The topological polar surface area (TPSA) is 57.5 Å². The Morgan fingerprint density at radius 2 is 2.22 bits per heavy atom. The van der Waals surface area contributed by atoms with Crippen molar-refractivity contribution in [2.45, 2.75) is 25.4 Å². The molecule has 3 nitrogen and oxygen atoms in total. The van der Waals surface area contributed by atoms with E-state index in [9.17, 15) is 4.79 Å². The Labute approximate surface area is 53.3 Å². The Hall–Kier alpha value is -0.570. The number of aliphatic carboxylic acids is 1. The molecule has 52 valence electrons. The van der Waals surface area contributed by atoms with Gasteiger partial charge >= 0.3 is 5.97 Å². The number of hydrogen-bond acceptors (Lipinski definition) is 2. The van der Waals surface area contributed by atoms with Crippen LogP contribution in [-0.4, -0.2) is 22.3 Å². The average Bonchev–Trinajstić information content (AvgIpc) is 2.40. The van der Waals surface area contributed by atoms with Crippen molar-refractivity contribution < 1.29 is 15.0 Å². The largest absolute Gasteiger partial charge is 0.481 e. The highest BCUT2D eigenvalue weighted by Gasteiger charge is 2.30. The van der Waals surface area contributed by atoms with Crippen molar-refractivity contribution >= 4 is 5.97 Å². The summed E-state index contributed by atoms with van der Waals surface area (Å²) in [5.41, 5.74) is 0. The highest BCUT2D eigenvalue weighted by molar-refractivity contribution is 5.67. The molecule has 0 aliphatic heterocycles. The van der Waals surface area contributed by atoms with Gasteiger partial charge in [-0.15, -0.1) is 0 Å². The van der Waals surface area contributed by atoms with Gasteiger partial charge in [-0.3, -0.25) is 4.79 Å². The SMILES string of the molecule is O=C(O)C[C@H](O)C1CC1. The zero-order valence-electron chi connectivity index (χ0n) is 5.08. The fraction of sp³-hybridized carbons (Fsp3) is 0.833. The lowest BCUT2D eigenvalue weighted by atomic mass is 10.2. The van der Waals surface area contributed by atoms with E-state index in [1.54, 1.807) is 0 Å². The molecule has 0 spiro atoms. The van der Waals surface area contributed by atoms with Gasteiger partial charge in [0.15, 0.2) is 0 Å². The average molecular weight is 130 g/mol. The van der Waals surface area contributed by atoms with E-state index in [1.165, 1.54) is 0 Å². The van der Waals surface area contributed by atoms with E-state index in [4.69, 9.17) is 10.2 Å². The summed E-state index contributed by atoms with van der Waals surface area (Å²) in [5.74, 6) is -0.629. The predicted molar refractivity (Wildman–Crippen MR) is 31.0 cm³/mol. The smallest absolute Gasteiger partial charge is 0.305 e. The van der Waals surface area contributed by atoms with Crippen LogP contribution in [0.15, 0.2) is 0 Å². The maximum Gasteiger partial charge on any atom is 0.305 e. The first-order valence-electron chi connectivity index (χ1n) is 3.10. The molecule has 3 heteroatoms. The highest BCUT2D eigenvalue weighted by atomic mass is 16.4. The van der Waals surface area contributed by atoms with E-state index < -0.39 is 12.1 Å². The van der Waals surface area contributed by atoms with Crippen molar-refractivity contribution in [3.63, 3.8) is 0 Å². The monoisotopic (exact) mass is 130 g/mol. The molecule has 0 unspecified atom stereocenters. The number of carboxylic acid groups (broad SMARTS) is 1. The van der Waals surface area contributed by atoms with Crippen molar-refractivity contribution in [3.05, 3.63) is 0 Å². The van der Waals surface area contributed by atoms with E-state index in [1.807, 2.05) is 0 Å². The molecule has 0 amide bonds. The van der Waals surface area contributed by atoms with Gasteiger partial charge in [-0.05, 0) is 18.8 Å². The minimum Gasteiger partial charge on any atom is -0.481 e. The summed E-state index contributed by atoms with van der Waals surface area (Å²) in [4.78, 5) is 9.98. The predicted octanol–water partition coefficient (Wildman–Crippen LogP) is 0.232. The van der Waals surface area contributed by atoms with Gasteiger partial charge in [0.25, 0.3) is 0 Å². The number of rotatable bonds is 3. The van der Waals surface area contributed by atoms with Gasteiger partial charge in [0, 0.05) is 0 Å². The summed E-state index contributed by atoms with van der Waals surface area (Å²) in [7, 11) is 0. The minimum absolute atomic E-state index is 0.0926. The molecule has 1 rings (SSSR count). The molecule has 0 radical (unpaired) electrons. The number of aliphatic hydroxyl groups is 1. The maximum absolute atomic E-state index is 9.98. The zero-order chi connectivity index (χ0) is 6.85. The first kappa shape index (κ1) is 6.55. The lowest BCUT2D eigenvalue weighted by Gasteiger charge is -2.02. The van der Waals surface area contributed by atoms with Gasteiger partial charge in [-0.25, -0.2) is 0 Å². The number of aliphatic hydroxyl groups excluding tert-OH is 1. The first-order chi connectivity index (χ1) is 4.20. The maximum atomic E-state index is 9.98. The lowest BCUT2D eigenvalue weighted by Crippen LogP contribution is -2.14. The molecule has 2 N–H and O–H groups in total. The van der Waals surface area contributed by atoms with Crippen LogP contribution in [0.1, 0.15) is 19.3 Å². The van der Waals surface area contributed by atoms with Gasteiger partial charge in [-0.1, -0.05) is 0 Å². The molecule has 1 saturated carbocycles. The number of carbonyl (C=O) groups is 1. The molecule has 0 bridgehead atoms. The molecule has 0 aromatic rings. The number of hydrogen-bond donors (Lipinski definition) is 2. The molecule has 0 heterocycles. The summed E-state index contributed by atoms with van der Waals surface area (Å²) < 4.78 is 0. The van der Waals surface area contributed by atoms with Crippen LogP contribution in [0.5, 0.6) is 0 Å². The molecule has 1 fully saturated rings. The summed E-state index contributed by atoms with van der Waals surface area (Å²) in [6.07, 6.45) is 1.30. The van der Waals surface area contributed by atoms with Gasteiger partial charge in [0.2, 0.25) is 0 Å². The molecule has 1 aliphatic rings. The Bertz CT molecular complexity index is 117. The fourth-order valence-electron chi connectivity index (χ4n) is 0.827. The van der Waals surface area contributed by atoms with Crippen LogP contribution in [0, 0.1) is 5.92 Å². The molecule has 0 aromatic carbocycles. The molecule has 0 saturated heterocycles. The third-order valence-corrected chi connectivity index (χ3v) is 1.55. The Kier molecular flexibility index (Phi) is 1.71. The van der Waals surface area contributed by atoms with Crippen LogP contribution in [-0.2, 0) is 4.79 Å². The molecule has 0 aromatic heterocycles. The molecular formula is C6H10O3. The second-order valence-corrected chi connectivity index (χ2v) is 2.50. The van der Waals surface area contributed by atoms with Gasteiger partial charge in [0.05, 0.1) is 12.5 Å². The summed E-state index contributed by atoms with van der Waals surface area (Å²) in [6, 6.07) is 0. The van der Waals surface area contributed by atoms with E-state index >= 15 is 0 Å². The summed E-state index contributed by atoms with van der Waals surface area (Å²) in [5, 5.41) is 17.2. The standard InChI is InChI=1S/C6H10O3/c7-5(3-6(8)9)4-1-2-4/h4-5,7H,1-3H2,(H,8,9)/t5-/m0/s1. The molecule has 1 aliphatic carbocycles. The van der Waals surface area contributed by atoms with Crippen LogP contribution in [0.3, 0.4) is 0 Å². The van der Waals surface area contributed by atoms with Crippen molar-refractivity contribution in [1.82, 2.24) is 0 Å². The second kappa shape index (κ2) is 2.35. The van der Waals surface area contributed by atoms with Crippen LogP contribution >= 0.6 is 0 Å². The third kappa shape index (κ3) is 2.01. The van der Waals surface area contributed by atoms with Crippen LogP contribution in [0.25, 0.3) is 0 Å². The van der Waals surface area contributed by atoms with Crippen LogP contribution in [0.2, 0.25) is 0 Å². The summed E-state index contributed by atoms with van der Waals surface area (Å²) in [6.45, 7) is 0. The third-order valence-electron chi connectivity index (χ3n) is 1.55. The molecular weight excluding hydrogens is 120 g/mol. The minimum atomic E-state index is -0.908. The Morgan fingerprint density at radius 1 is 1.67 bits per heavy atom. The van der Waals surface area contributed by atoms with Gasteiger partial charge < -0.3 is 10.2 Å². The van der Waals surface area contributed by atoms with E-state index in [0.717, 1.165) is 12.8 Å². The zero-order valence-corrected chi connectivity index (χ0v) is 5.08. The first-order valence-corrected chi connectivity index (χ1v) is 3.10. The van der Waals surface area contributed by atoms with E-state index in [0.29, 0.717) is 0 Å². The normalized spacial score (nSPS) is 21.4. The number of carboxylic acids is 1. The van der Waals surface area contributed by atoms with Crippen LogP contribution in [0.4, 0.5) is 0 Å². The fourth-order valence-corrected chi connectivity index (χ4v) is 0.827. The van der Waals surface area contributed by atoms with Crippen molar-refractivity contribution in [1.29, 1.82) is 0 Å². The van der Waals surface area contributed by atoms with E-state index in [2.05, 4.69) is 0 Å². The molecule has 1 atom stereocenters. The van der Waals surface area contributed by atoms with E-state index in [-0.39, 0.29) is 12.3 Å². The second-order valence-electron chi connectivity index (χ2n) is 2.50. The van der Waals surface area contributed by atoms with Gasteiger partial charge in [0.1, 0.15) is 0 Å². The Morgan fingerprint density at radius 3 is 2.56 bits per heavy atom. The van der Waals surface area contributed by atoms with Gasteiger partial charge in [-0.2, -0.15) is 0 Å². The van der Waals surface area contributed by atoms with Crippen molar-refractivity contribution in [2.75, 3.05) is 0 Å². The summed E-state index contributed by atoms with van der Waals surface area (Å²) >= 11 is 0. The van der Waals surface area contributed by atoms with Crippen LogP contribution < -0.4 is 0 Å². The molecule has 9 heavy (non-hydrogen) atoms. The Balaban J connectivity index is 2.17. The highest BCUT2D eigenvalue weighted by Crippen LogP contribution is 2.33. The van der Waals surface area contributed by atoms with Crippen molar-refractivity contribution in [2.24, 2.45) is 5.92 Å². The van der Waals surface area contributed by atoms with Crippen molar-refractivity contribution in [3.8, 4) is 0 Å². The lowest BCUT2D eigenvalue weighted by molar-refractivity contribution is -0.139.